The number of aryl methyl sites for hydroxylation is 1. The maximum Gasteiger partial charge on any atom is 0.270 e. The fraction of sp³-hybridized carbons (Fsp3) is 0.385. The molecule has 0 bridgehead atoms. The van der Waals surface area contributed by atoms with Crippen LogP contribution in [0, 0.1) is 5.92 Å². The van der Waals surface area contributed by atoms with Crippen molar-refractivity contribution in [2.45, 2.75) is 45.1 Å². The Morgan fingerprint density at radius 2 is 1.77 bits per heavy atom. The van der Waals surface area contributed by atoms with Crippen LogP contribution in [0.15, 0.2) is 60.7 Å². The molecule has 1 unspecified atom stereocenters. The molecule has 3 aromatic rings. The van der Waals surface area contributed by atoms with Crippen molar-refractivity contribution in [3.05, 3.63) is 71.9 Å². The first kappa shape index (κ1) is 21.2. The number of aromatic nitrogens is 1. The van der Waals surface area contributed by atoms with Crippen molar-refractivity contribution in [3.63, 3.8) is 0 Å². The number of H-pyrrole nitrogens is 1. The summed E-state index contributed by atoms with van der Waals surface area (Å²) < 4.78 is 0. The van der Waals surface area contributed by atoms with E-state index in [4.69, 9.17) is 0 Å². The highest BCUT2D eigenvalue weighted by Gasteiger charge is 2.26. The molecule has 162 valence electrons. The van der Waals surface area contributed by atoms with Gasteiger partial charge in [-0.3, -0.25) is 9.59 Å². The number of nitrogens with one attached hydrogen (secondary N) is 2. The van der Waals surface area contributed by atoms with Gasteiger partial charge in [-0.05, 0) is 56.2 Å². The van der Waals surface area contributed by atoms with Gasteiger partial charge in [-0.2, -0.15) is 0 Å². The number of benzene rings is 2. The second-order valence-corrected chi connectivity index (χ2v) is 8.70. The molecule has 5 heteroatoms. The average molecular weight is 418 g/mol. The molecular weight excluding hydrogens is 386 g/mol. The second-order valence-electron chi connectivity index (χ2n) is 8.70. The molecule has 2 heterocycles. The molecule has 2 amide bonds. The molecule has 0 aliphatic carbocycles. The third-order valence-electron chi connectivity index (χ3n) is 6.25. The number of hydrogen-bond acceptors (Lipinski definition) is 2. The summed E-state index contributed by atoms with van der Waals surface area (Å²) >= 11 is 0. The monoisotopic (exact) mass is 417 g/mol. The first-order valence-electron chi connectivity index (χ1n) is 11.3. The third-order valence-corrected chi connectivity index (χ3v) is 6.25. The molecule has 2 aromatic carbocycles. The Morgan fingerprint density at radius 1 is 1.06 bits per heavy atom. The van der Waals surface area contributed by atoms with Crippen LogP contribution in [0.3, 0.4) is 0 Å². The number of hydrogen-bond donors (Lipinski definition) is 2. The quantitative estimate of drug-likeness (QED) is 0.592. The maximum absolute atomic E-state index is 12.8. The van der Waals surface area contributed by atoms with Crippen LogP contribution >= 0.6 is 0 Å². The molecule has 2 N–H and O–H groups in total. The van der Waals surface area contributed by atoms with E-state index in [0.717, 1.165) is 36.6 Å². The number of rotatable bonds is 7. The summed E-state index contributed by atoms with van der Waals surface area (Å²) in [6, 6.07) is 20.4. The SMILES string of the molecule is CC(CCc1ccccc1)NC(=O)CC1CCN(C(=O)c2cc3ccccc3[nH]2)CC1. The number of carbonyl (C=O) groups excluding carboxylic acids is 2. The molecular formula is C26H31N3O2. The van der Waals surface area contributed by atoms with E-state index in [9.17, 15) is 9.59 Å². The second kappa shape index (κ2) is 9.82. The van der Waals surface area contributed by atoms with Crippen LogP contribution < -0.4 is 5.32 Å². The Labute approximate surface area is 183 Å². The Hall–Kier alpha value is -3.08. The van der Waals surface area contributed by atoms with E-state index in [2.05, 4.69) is 29.4 Å². The van der Waals surface area contributed by atoms with Crippen LogP contribution in [0.2, 0.25) is 0 Å². The number of carbonyl (C=O) groups is 2. The minimum Gasteiger partial charge on any atom is -0.354 e. The van der Waals surface area contributed by atoms with Gasteiger partial charge in [0.25, 0.3) is 5.91 Å². The molecule has 1 aliphatic heterocycles. The van der Waals surface area contributed by atoms with E-state index in [-0.39, 0.29) is 17.9 Å². The smallest absolute Gasteiger partial charge is 0.270 e. The van der Waals surface area contributed by atoms with Gasteiger partial charge < -0.3 is 15.2 Å². The van der Waals surface area contributed by atoms with Crippen LogP contribution in [-0.2, 0) is 11.2 Å². The zero-order valence-corrected chi connectivity index (χ0v) is 18.1. The lowest BCUT2D eigenvalue weighted by molar-refractivity contribution is -0.122. The standard InChI is InChI=1S/C26H31N3O2/c1-19(11-12-20-7-3-2-4-8-20)27-25(30)17-21-13-15-29(16-14-21)26(31)24-18-22-9-5-6-10-23(22)28-24/h2-10,18-19,21,28H,11-17H2,1H3,(H,27,30). The van der Waals surface area contributed by atoms with Gasteiger partial charge in [0.2, 0.25) is 5.91 Å². The third kappa shape index (κ3) is 5.54. The summed E-state index contributed by atoms with van der Waals surface area (Å²) in [5.74, 6) is 0.516. The van der Waals surface area contributed by atoms with Gasteiger partial charge in [0.1, 0.15) is 5.69 Å². The fourth-order valence-corrected chi connectivity index (χ4v) is 4.40. The molecule has 1 aromatic heterocycles. The molecule has 1 fully saturated rings. The fourth-order valence-electron chi connectivity index (χ4n) is 4.40. The predicted molar refractivity (Wildman–Crippen MR) is 124 cm³/mol. The van der Waals surface area contributed by atoms with Gasteiger partial charge in [0, 0.05) is 36.5 Å². The lowest BCUT2D eigenvalue weighted by Crippen LogP contribution is -2.40. The van der Waals surface area contributed by atoms with Gasteiger partial charge >= 0.3 is 0 Å². The van der Waals surface area contributed by atoms with E-state index in [1.165, 1.54) is 5.56 Å². The molecule has 1 atom stereocenters. The van der Waals surface area contributed by atoms with Crippen molar-refractivity contribution in [2.75, 3.05) is 13.1 Å². The number of aromatic amines is 1. The lowest BCUT2D eigenvalue weighted by Gasteiger charge is -2.31. The topological polar surface area (TPSA) is 65.2 Å². The van der Waals surface area contributed by atoms with E-state index in [1.54, 1.807) is 0 Å². The van der Waals surface area contributed by atoms with Crippen molar-refractivity contribution in [1.29, 1.82) is 0 Å². The molecule has 5 nitrogen and oxygen atoms in total. The molecule has 1 saturated heterocycles. The summed E-state index contributed by atoms with van der Waals surface area (Å²) in [4.78, 5) is 30.5. The highest BCUT2D eigenvalue weighted by Crippen LogP contribution is 2.23. The minimum atomic E-state index is 0.0497. The normalized spacial score (nSPS) is 15.7. The molecule has 31 heavy (non-hydrogen) atoms. The highest BCUT2D eigenvalue weighted by molar-refractivity contribution is 5.98. The van der Waals surface area contributed by atoms with Crippen molar-refractivity contribution >= 4 is 22.7 Å². The summed E-state index contributed by atoms with van der Waals surface area (Å²) in [5, 5.41) is 4.20. The van der Waals surface area contributed by atoms with Crippen LogP contribution in [0.4, 0.5) is 0 Å². The van der Waals surface area contributed by atoms with E-state index < -0.39 is 0 Å². The summed E-state index contributed by atoms with van der Waals surface area (Å²) in [6.45, 7) is 3.48. The van der Waals surface area contributed by atoms with Crippen molar-refractivity contribution < 1.29 is 9.59 Å². The molecule has 1 aliphatic rings. The van der Waals surface area contributed by atoms with Gasteiger partial charge in [-0.15, -0.1) is 0 Å². The van der Waals surface area contributed by atoms with Gasteiger partial charge in [0.15, 0.2) is 0 Å². The number of para-hydroxylation sites is 1. The Balaban J connectivity index is 1.20. The zero-order valence-electron chi connectivity index (χ0n) is 18.1. The molecule has 0 spiro atoms. The van der Waals surface area contributed by atoms with Crippen LogP contribution in [-0.4, -0.2) is 40.8 Å². The summed E-state index contributed by atoms with van der Waals surface area (Å²) in [6.07, 6.45) is 4.20. The minimum absolute atomic E-state index is 0.0497. The Kier molecular flexibility index (Phi) is 6.70. The number of fused-ring (bicyclic) bond motifs is 1. The first-order valence-corrected chi connectivity index (χ1v) is 11.3. The van der Waals surface area contributed by atoms with E-state index in [1.807, 2.05) is 53.4 Å². The van der Waals surface area contributed by atoms with Gasteiger partial charge in [-0.25, -0.2) is 0 Å². The largest absolute Gasteiger partial charge is 0.354 e. The Bertz CT molecular complexity index is 986. The number of nitrogens with zero attached hydrogens (tertiary/aromatic N) is 1. The maximum atomic E-state index is 12.8. The predicted octanol–water partition coefficient (Wildman–Crippen LogP) is 4.55. The van der Waals surface area contributed by atoms with Crippen molar-refractivity contribution in [2.24, 2.45) is 5.92 Å². The lowest BCUT2D eigenvalue weighted by atomic mass is 9.93. The van der Waals surface area contributed by atoms with Crippen LogP contribution in [0.1, 0.15) is 48.7 Å². The molecule has 0 saturated carbocycles. The number of piperidine rings is 1. The molecule has 0 radical (unpaired) electrons. The molecule has 4 rings (SSSR count). The number of amides is 2. The first-order chi connectivity index (χ1) is 15.1. The van der Waals surface area contributed by atoms with Crippen molar-refractivity contribution in [3.8, 4) is 0 Å². The van der Waals surface area contributed by atoms with Crippen LogP contribution in [0.25, 0.3) is 10.9 Å². The van der Waals surface area contributed by atoms with Gasteiger partial charge in [0.05, 0.1) is 0 Å². The van der Waals surface area contributed by atoms with Crippen LogP contribution in [0.5, 0.6) is 0 Å². The zero-order chi connectivity index (χ0) is 21.6. The number of likely N-dealkylation sites (tertiary alicyclic amines) is 1. The Morgan fingerprint density at radius 3 is 2.52 bits per heavy atom. The summed E-state index contributed by atoms with van der Waals surface area (Å²) in [5.41, 5.74) is 2.93. The summed E-state index contributed by atoms with van der Waals surface area (Å²) in [7, 11) is 0. The highest BCUT2D eigenvalue weighted by atomic mass is 16.2. The van der Waals surface area contributed by atoms with E-state index >= 15 is 0 Å². The van der Waals surface area contributed by atoms with Crippen molar-refractivity contribution in [1.82, 2.24) is 15.2 Å². The van der Waals surface area contributed by atoms with Gasteiger partial charge in [-0.1, -0.05) is 48.5 Å². The average Bonchev–Trinajstić information content (AvgIpc) is 3.23. The van der Waals surface area contributed by atoms with E-state index in [0.29, 0.717) is 31.1 Å².